The highest BCUT2D eigenvalue weighted by molar-refractivity contribution is 6.05. The second kappa shape index (κ2) is 8.48. The van der Waals surface area contributed by atoms with E-state index in [9.17, 15) is 14.4 Å². The van der Waals surface area contributed by atoms with Gasteiger partial charge in [0, 0.05) is 26.2 Å². The quantitative estimate of drug-likeness (QED) is 0.722. The van der Waals surface area contributed by atoms with Gasteiger partial charge in [-0.05, 0) is 24.3 Å². The SMILES string of the molecule is COc1ccccc1N1CCN(C(=O)C[C@H]2NC(=O)N(Cc3ccco3)C2=O)CC1. The van der Waals surface area contributed by atoms with Crippen molar-refractivity contribution in [1.82, 2.24) is 15.1 Å². The number of carbonyl (C=O) groups is 3. The van der Waals surface area contributed by atoms with Gasteiger partial charge in [-0.25, -0.2) is 4.79 Å². The summed E-state index contributed by atoms with van der Waals surface area (Å²) in [5.41, 5.74) is 0.999. The number of piperazine rings is 1. The number of methoxy groups -OCH3 is 1. The van der Waals surface area contributed by atoms with Gasteiger partial charge < -0.3 is 24.3 Å². The lowest BCUT2D eigenvalue weighted by atomic mass is 10.1. The summed E-state index contributed by atoms with van der Waals surface area (Å²) in [6.07, 6.45) is 1.44. The van der Waals surface area contributed by atoms with Crippen molar-refractivity contribution >= 4 is 23.5 Å². The van der Waals surface area contributed by atoms with Crippen LogP contribution >= 0.6 is 0 Å². The molecule has 4 rings (SSSR count). The molecule has 158 valence electrons. The van der Waals surface area contributed by atoms with E-state index in [2.05, 4.69) is 10.2 Å². The molecule has 3 heterocycles. The highest BCUT2D eigenvalue weighted by Gasteiger charge is 2.40. The molecule has 4 amide bonds. The van der Waals surface area contributed by atoms with Gasteiger partial charge in [0.1, 0.15) is 17.6 Å². The topological polar surface area (TPSA) is 95.3 Å². The van der Waals surface area contributed by atoms with Gasteiger partial charge in [-0.15, -0.1) is 0 Å². The number of ether oxygens (including phenoxy) is 1. The average molecular weight is 412 g/mol. The maximum absolute atomic E-state index is 12.7. The zero-order valence-electron chi connectivity index (χ0n) is 16.7. The number of para-hydroxylation sites is 2. The van der Waals surface area contributed by atoms with Crippen LogP contribution in [0.4, 0.5) is 10.5 Å². The Labute approximate surface area is 174 Å². The Morgan fingerprint density at radius 3 is 2.60 bits per heavy atom. The minimum Gasteiger partial charge on any atom is -0.495 e. The van der Waals surface area contributed by atoms with Crippen molar-refractivity contribution in [2.45, 2.75) is 19.0 Å². The van der Waals surface area contributed by atoms with E-state index in [0.29, 0.717) is 31.9 Å². The van der Waals surface area contributed by atoms with Crippen LogP contribution in [0.2, 0.25) is 0 Å². The van der Waals surface area contributed by atoms with Crippen LogP contribution in [0.5, 0.6) is 5.75 Å². The molecule has 1 atom stereocenters. The molecule has 2 aliphatic rings. The molecule has 2 aromatic rings. The standard InChI is InChI=1S/C21H24N4O5/c1-29-18-7-3-2-6-17(18)23-8-10-24(11-9-23)19(26)13-16-20(27)25(21(28)22-16)14-15-5-4-12-30-15/h2-7,12,16H,8-11,13-14H2,1H3,(H,22,28)/t16-/m1/s1. The molecule has 0 bridgehead atoms. The van der Waals surface area contributed by atoms with E-state index in [0.717, 1.165) is 16.3 Å². The Morgan fingerprint density at radius 1 is 1.13 bits per heavy atom. The minimum atomic E-state index is -0.841. The number of hydrogen-bond donors (Lipinski definition) is 1. The second-order valence-corrected chi connectivity index (χ2v) is 7.25. The number of hydrogen-bond acceptors (Lipinski definition) is 6. The number of anilines is 1. The van der Waals surface area contributed by atoms with E-state index in [1.165, 1.54) is 6.26 Å². The maximum atomic E-state index is 12.7. The fraction of sp³-hybridized carbons (Fsp3) is 0.381. The monoisotopic (exact) mass is 412 g/mol. The van der Waals surface area contributed by atoms with E-state index >= 15 is 0 Å². The molecule has 30 heavy (non-hydrogen) atoms. The van der Waals surface area contributed by atoms with Gasteiger partial charge in [-0.3, -0.25) is 14.5 Å². The molecule has 0 radical (unpaired) electrons. The number of rotatable bonds is 6. The van der Waals surface area contributed by atoms with Gasteiger partial charge in [0.25, 0.3) is 5.91 Å². The largest absolute Gasteiger partial charge is 0.495 e. The number of amides is 4. The van der Waals surface area contributed by atoms with Gasteiger partial charge in [0.05, 0.1) is 32.0 Å². The lowest BCUT2D eigenvalue weighted by molar-refractivity contribution is -0.136. The average Bonchev–Trinajstić information content (AvgIpc) is 3.38. The Morgan fingerprint density at radius 2 is 1.90 bits per heavy atom. The fourth-order valence-electron chi connectivity index (χ4n) is 3.81. The molecule has 1 aromatic carbocycles. The van der Waals surface area contributed by atoms with Crippen LogP contribution in [0, 0.1) is 0 Å². The first-order chi connectivity index (χ1) is 14.6. The van der Waals surface area contributed by atoms with Crippen molar-refractivity contribution in [2.24, 2.45) is 0 Å². The first-order valence-electron chi connectivity index (χ1n) is 9.87. The number of nitrogens with one attached hydrogen (secondary N) is 1. The summed E-state index contributed by atoms with van der Waals surface area (Å²) in [7, 11) is 1.64. The highest BCUT2D eigenvalue weighted by atomic mass is 16.5. The van der Waals surface area contributed by atoms with Gasteiger partial charge in [-0.1, -0.05) is 12.1 Å². The van der Waals surface area contributed by atoms with E-state index < -0.39 is 18.0 Å². The third-order valence-electron chi connectivity index (χ3n) is 5.44. The van der Waals surface area contributed by atoms with E-state index in [1.54, 1.807) is 24.1 Å². The normalized spacial score (nSPS) is 19.2. The van der Waals surface area contributed by atoms with Crippen LogP contribution in [-0.2, 0) is 16.1 Å². The first kappa shape index (κ1) is 19.8. The third kappa shape index (κ3) is 3.96. The molecule has 2 aliphatic heterocycles. The van der Waals surface area contributed by atoms with Crippen LogP contribution in [0.1, 0.15) is 12.2 Å². The number of furan rings is 1. The summed E-state index contributed by atoms with van der Waals surface area (Å²) in [6, 6.07) is 9.83. The van der Waals surface area contributed by atoms with Gasteiger partial charge >= 0.3 is 6.03 Å². The summed E-state index contributed by atoms with van der Waals surface area (Å²) in [6.45, 7) is 2.48. The molecule has 1 aromatic heterocycles. The summed E-state index contributed by atoms with van der Waals surface area (Å²) in [5, 5.41) is 2.61. The first-order valence-corrected chi connectivity index (χ1v) is 9.87. The fourth-order valence-corrected chi connectivity index (χ4v) is 3.81. The predicted octanol–water partition coefficient (Wildman–Crippen LogP) is 1.45. The molecule has 0 spiro atoms. The van der Waals surface area contributed by atoms with Crippen molar-refractivity contribution in [3.05, 3.63) is 48.4 Å². The van der Waals surface area contributed by atoms with Crippen LogP contribution in [0.25, 0.3) is 0 Å². The van der Waals surface area contributed by atoms with Crippen molar-refractivity contribution in [3.8, 4) is 5.75 Å². The Kier molecular flexibility index (Phi) is 5.60. The summed E-state index contributed by atoms with van der Waals surface area (Å²) in [4.78, 5) is 42.5. The molecule has 9 heteroatoms. The smallest absolute Gasteiger partial charge is 0.325 e. The van der Waals surface area contributed by atoms with Crippen LogP contribution in [-0.4, -0.2) is 67.0 Å². The minimum absolute atomic E-state index is 0.0477. The molecule has 1 N–H and O–H groups in total. The highest BCUT2D eigenvalue weighted by Crippen LogP contribution is 2.28. The Balaban J connectivity index is 1.32. The van der Waals surface area contributed by atoms with E-state index in [4.69, 9.17) is 9.15 Å². The molecule has 0 aliphatic carbocycles. The van der Waals surface area contributed by atoms with Crippen LogP contribution < -0.4 is 15.0 Å². The molecule has 9 nitrogen and oxygen atoms in total. The third-order valence-corrected chi connectivity index (χ3v) is 5.44. The number of benzene rings is 1. The molecular weight excluding hydrogens is 388 g/mol. The van der Waals surface area contributed by atoms with Crippen molar-refractivity contribution in [3.63, 3.8) is 0 Å². The van der Waals surface area contributed by atoms with Crippen molar-refractivity contribution in [1.29, 1.82) is 0 Å². The van der Waals surface area contributed by atoms with Gasteiger partial charge in [-0.2, -0.15) is 0 Å². The van der Waals surface area contributed by atoms with Crippen LogP contribution in [0.15, 0.2) is 47.1 Å². The zero-order chi connectivity index (χ0) is 21.1. The van der Waals surface area contributed by atoms with Crippen molar-refractivity contribution in [2.75, 3.05) is 38.2 Å². The van der Waals surface area contributed by atoms with E-state index in [-0.39, 0.29) is 18.9 Å². The molecule has 2 saturated heterocycles. The molecule has 0 unspecified atom stereocenters. The molecule has 2 fully saturated rings. The summed E-state index contributed by atoms with van der Waals surface area (Å²) >= 11 is 0. The predicted molar refractivity (Wildman–Crippen MR) is 108 cm³/mol. The number of imide groups is 1. The zero-order valence-corrected chi connectivity index (χ0v) is 16.7. The van der Waals surface area contributed by atoms with Crippen molar-refractivity contribution < 1.29 is 23.5 Å². The van der Waals surface area contributed by atoms with Gasteiger partial charge in [0.15, 0.2) is 0 Å². The lowest BCUT2D eigenvalue weighted by Crippen LogP contribution is -2.50. The van der Waals surface area contributed by atoms with Gasteiger partial charge in [0.2, 0.25) is 5.91 Å². The van der Waals surface area contributed by atoms with E-state index in [1.807, 2.05) is 24.3 Å². The Bertz CT molecular complexity index is 921. The molecule has 0 saturated carbocycles. The second-order valence-electron chi connectivity index (χ2n) is 7.25. The summed E-state index contributed by atoms with van der Waals surface area (Å²) in [5.74, 6) is 0.761. The number of nitrogens with zero attached hydrogens (tertiary/aromatic N) is 3. The summed E-state index contributed by atoms with van der Waals surface area (Å²) < 4.78 is 10.6. The molecular formula is C21H24N4O5. The van der Waals surface area contributed by atoms with Crippen LogP contribution in [0.3, 0.4) is 0 Å². The number of carbonyl (C=O) groups excluding carboxylic acids is 3. The Hall–Kier alpha value is -3.49. The number of urea groups is 1. The lowest BCUT2D eigenvalue weighted by Gasteiger charge is -2.36. The maximum Gasteiger partial charge on any atom is 0.325 e.